The number of pyridine rings is 1. The minimum atomic E-state index is -1.16. The molecule has 2 aromatic heterocycles. The average Bonchev–Trinajstić information content (AvgIpc) is 3.00. The summed E-state index contributed by atoms with van der Waals surface area (Å²) in [5, 5.41) is 0. The first-order valence-corrected chi connectivity index (χ1v) is 13.8. The van der Waals surface area contributed by atoms with Crippen molar-refractivity contribution in [2.45, 2.75) is 85.4 Å². The number of aromatic amines is 1. The molecule has 2 aliphatic heterocycles. The van der Waals surface area contributed by atoms with Crippen LogP contribution < -0.4 is 5.56 Å². The van der Waals surface area contributed by atoms with Crippen LogP contribution in [0.2, 0.25) is 0 Å². The molecule has 1 saturated heterocycles. The van der Waals surface area contributed by atoms with E-state index in [-0.39, 0.29) is 11.5 Å². The molecule has 192 valence electrons. The number of nitrogens with zero attached hydrogens (tertiary/aromatic N) is 2. The molecule has 1 amide bonds. The van der Waals surface area contributed by atoms with Gasteiger partial charge in [-0.2, -0.15) is 0 Å². The number of halogens is 1. The number of fused-ring (bicyclic) bond motifs is 1. The lowest BCUT2D eigenvalue weighted by atomic mass is 9.83. The number of nitrogens with one attached hydrogen (secondary N) is 1. The molecule has 0 aromatic carbocycles. The maximum Gasteiger partial charge on any atom is 0.255 e. The number of amides is 1. The fourth-order valence-electron chi connectivity index (χ4n) is 5.95. The van der Waals surface area contributed by atoms with Crippen molar-refractivity contribution >= 4 is 17.2 Å². The first-order valence-electron chi connectivity index (χ1n) is 13.0. The van der Waals surface area contributed by atoms with Crippen molar-refractivity contribution in [3.8, 4) is 0 Å². The maximum absolute atomic E-state index is 14.1. The highest BCUT2D eigenvalue weighted by molar-refractivity contribution is 7.12. The summed E-state index contributed by atoms with van der Waals surface area (Å²) in [5.41, 5.74) is 3.18. The van der Waals surface area contributed by atoms with Gasteiger partial charge < -0.3 is 14.8 Å². The van der Waals surface area contributed by atoms with E-state index in [0.29, 0.717) is 37.0 Å². The van der Waals surface area contributed by atoms with Crippen molar-refractivity contribution in [3.63, 3.8) is 0 Å². The summed E-state index contributed by atoms with van der Waals surface area (Å²) in [6, 6.07) is 1.97. The van der Waals surface area contributed by atoms with Crippen LogP contribution in [0.15, 0.2) is 10.9 Å². The second-order valence-corrected chi connectivity index (χ2v) is 12.4. The van der Waals surface area contributed by atoms with Crippen LogP contribution in [0.4, 0.5) is 4.39 Å². The zero-order chi connectivity index (χ0) is 25.5. The molecule has 1 fully saturated rings. The van der Waals surface area contributed by atoms with Gasteiger partial charge in [0.1, 0.15) is 5.67 Å². The van der Waals surface area contributed by atoms with Gasteiger partial charge in [-0.15, -0.1) is 11.3 Å². The summed E-state index contributed by atoms with van der Waals surface area (Å²) < 4.78 is 14.1. The van der Waals surface area contributed by atoms with Gasteiger partial charge in [-0.1, -0.05) is 6.92 Å². The molecular formula is C28H40FN3O2S. The van der Waals surface area contributed by atoms with Gasteiger partial charge in [0, 0.05) is 34.1 Å². The van der Waals surface area contributed by atoms with Crippen molar-refractivity contribution < 1.29 is 9.18 Å². The van der Waals surface area contributed by atoms with Crippen LogP contribution in [0.1, 0.15) is 88.4 Å². The molecule has 0 bridgehead atoms. The summed E-state index contributed by atoms with van der Waals surface area (Å²) >= 11 is 1.82. The first kappa shape index (κ1) is 26.1. The summed E-state index contributed by atoms with van der Waals surface area (Å²) in [6.45, 7) is 14.9. The molecule has 0 saturated carbocycles. The van der Waals surface area contributed by atoms with E-state index < -0.39 is 5.67 Å². The van der Waals surface area contributed by atoms with Gasteiger partial charge in [-0.05, 0) is 102 Å². The summed E-state index contributed by atoms with van der Waals surface area (Å²) in [6.07, 6.45) is 3.94. The molecule has 0 aliphatic carbocycles. The van der Waals surface area contributed by atoms with E-state index in [1.807, 2.05) is 36.2 Å². The molecular weight excluding hydrogens is 461 g/mol. The molecule has 4 rings (SSSR count). The number of piperidine rings is 1. The van der Waals surface area contributed by atoms with Crippen molar-refractivity contribution in [1.29, 1.82) is 0 Å². The van der Waals surface area contributed by atoms with Gasteiger partial charge in [0.2, 0.25) is 0 Å². The SMILES string of the molecule is Cc1cc(C)c(CN2CCCc3sc(C(C)C4CCN(CC(C)(C)F)CC4)c(C)c3C2=O)c(=O)[nH]1. The Bertz CT molecular complexity index is 1140. The zero-order valence-electron chi connectivity index (χ0n) is 22.1. The predicted molar refractivity (Wildman–Crippen MR) is 141 cm³/mol. The van der Waals surface area contributed by atoms with Gasteiger partial charge in [0.25, 0.3) is 11.5 Å². The Hall–Kier alpha value is -1.99. The van der Waals surface area contributed by atoms with E-state index in [1.54, 1.807) is 13.8 Å². The van der Waals surface area contributed by atoms with Crippen LogP contribution in [-0.2, 0) is 13.0 Å². The van der Waals surface area contributed by atoms with Crippen LogP contribution in [0.5, 0.6) is 0 Å². The fourth-order valence-corrected chi connectivity index (χ4v) is 7.44. The van der Waals surface area contributed by atoms with E-state index in [4.69, 9.17) is 0 Å². The molecule has 5 nitrogen and oxygen atoms in total. The number of carbonyl (C=O) groups excluding carboxylic acids is 1. The second kappa shape index (κ2) is 10.2. The number of hydrogen-bond acceptors (Lipinski definition) is 4. The molecule has 4 heterocycles. The highest BCUT2D eigenvalue weighted by Crippen LogP contribution is 2.42. The molecule has 0 spiro atoms. The third-order valence-corrected chi connectivity index (χ3v) is 9.34. The average molecular weight is 502 g/mol. The van der Waals surface area contributed by atoms with Crippen LogP contribution in [0.3, 0.4) is 0 Å². The zero-order valence-corrected chi connectivity index (χ0v) is 22.9. The molecule has 2 aliphatic rings. The largest absolute Gasteiger partial charge is 0.334 e. The Morgan fingerprint density at radius 2 is 1.86 bits per heavy atom. The van der Waals surface area contributed by atoms with E-state index in [9.17, 15) is 14.0 Å². The topological polar surface area (TPSA) is 56.4 Å². The second-order valence-electron chi connectivity index (χ2n) is 11.3. The van der Waals surface area contributed by atoms with E-state index >= 15 is 0 Å². The normalized spacial score (nSPS) is 19.1. The van der Waals surface area contributed by atoms with Gasteiger partial charge in [-0.25, -0.2) is 4.39 Å². The third kappa shape index (κ3) is 5.72. The van der Waals surface area contributed by atoms with Crippen LogP contribution >= 0.6 is 11.3 Å². The smallest absolute Gasteiger partial charge is 0.255 e. The van der Waals surface area contributed by atoms with Gasteiger partial charge in [-0.3, -0.25) is 9.59 Å². The van der Waals surface area contributed by atoms with Gasteiger partial charge >= 0.3 is 0 Å². The number of likely N-dealkylation sites (tertiary alicyclic amines) is 1. The fraction of sp³-hybridized carbons (Fsp3) is 0.643. The Labute approximate surface area is 212 Å². The number of aryl methyl sites for hydroxylation is 3. The lowest BCUT2D eigenvalue weighted by molar-refractivity contribution is 0.0747. The standard InChI is InChI=1S/C28H40FN3O2S/c1-17-14-18(2)30-26(33)22(17)15-32-11-7-8-23-24(27(32)34)20(4)25(35-23)19(3)21-9-12-31(13-10-21)16-28(5,6)29/h14,19,21H,7-13,15-16H2,1-6H3,(H,30,33). The summed E-state index contributed by atoms with van der Waals surface area (Å²) in [4.78, 5) is 35.8. The number of thiophene rings is 1. The Morgan fingerprint density at radius 1 is 1.17 bits per heavy atom. The van der Waals surface area contributed by atoms with Crippen LogP contribution in [0.25, 0.3) is 0 Å². The van der Waals surface area contributed by atoms with E-state index in [2.05, 4.69) is 23.7 Å². The molecule has 2 aromatic rings. The van der Waals surface area contributed by atoms with E-state index in [1.165, 1.54) is 9.75 Å². The van der Waals surface area contributed by atoms with Crippen LogP contribution in [-0.4, -0.2) is 52.5 Å². The number of carbonyl (C=O) groups is 1. The van der Waals surface area contributed by atoms with Crippen molar-refractivity contribution in [3.05, 3.63) is 54.1 Å². The summed E-state index contributed by atoms with van der Waals surface area (Å²) in [7, 11) is 0. The lowest BCUT2D eigenvalue weighted by Gasteiger charge is -2.36. The number of rotatable bonds is 6. The van der Waals surface area contributed by atoms with Crippen LogP contribution in [0, 0.1) is 26.7 Å². The number of alkyl halides is 1. The van der Waals surface area contributed by atoms with Gasteiger partial charge in [0.05, 0.1) is 12.1 Å². The Morgan fingerprint density at radius 3 is 2.49 bits per heavy atom. The quantitative estimate of drug-likeness (QED) is 0.568. The Balaban J connectivity index is 1.52. The monoisotopic (exact) mass is 501 g/mol. The van der Waals surface area contributed by atoms with Crippen molar-refractivity contribution in [2.24, 2.45) is 5.92 Å². The molecule has 0 radical (unpaired) electrons. The highest BCUT2D eigenvalue weighted by atomic mass is 32.1. The number of aromatic nitrogens is 1. The maximum atomic E-state index is 14.1. The van der Waals surface area contributed by atoms with E-state index in [0.717, 1.165) is 61.2 Å². The summed E-state index contributed by atoms with van der Waals surface area (Å²) in [5.74, 6) is 0.995. The Kier molecular flexibility index (Phi) is 7.58. The molecule has 1 unspecified atom stereocenters. The minimum absolute atomic E-state index is 0.0593. The predicted octanol–water partition coefficient (Wildman–Crippen LogP) is 5.51. The first-order chi connectivity index (χ1) is 16.4. The number of H-pyrrole nitrogens is 1. The lowest BCUT2D eigenvalue weighted by Crippen LogP contribution is -2.41. The molecule has 7 heteroatoms. The highest BCUT2D eigenvalue weighted by Gasteiger charge is 2.33. The molecule has 1 N–H and O–H groups in total. The minimum Gasteiger partial charge on any atom is -0.334 e. The molecule has 35 heavy (non-hydrogen) atoms. The van der Waals surface area contributed by atoms with Crippen molar-refractivity contribution in [2.75, 3.05) is 26.2 Å². The third-order valence-electron chi connectivity index (χ3n) is 7.78. The van der Waals surface area contributed by atoms with Crippen molar-refractivity contribution in [1.82, 2.24) is 14.8 Å². The number of hydrogen-bond donors (Lipinski definition) is 1. The van der Waals surface area contributed by atoms with Gasteiger partial charge in [0.15, 0.2) is 0 Å². The molecule has 1 atom stereocenters.